The fraction of sp³-hybridized carbons (Fsp3) is 0.440. The molecule has 0 aromatic heterocycles. The maximum absolute atomic E-state index is 12.4. The third kappa shape index (κ3) is 7.27. The molecule has 0 spiro atoms. The van der Waals surface area contributed by atoms with Gasteiger partial charge in [0.15, 0.2) is 0 Å². The molecule has 0 radical (unpaired) electrons. The molecule has 0 atom stereocenters. The highest BCUT2D eigenvalue weighted by Gasteiger charge is 2.17. The molecule has 32 heavy (non-hydrogen) atoms. The van der Waals surface area contributed by atoms with E-state index < -0.39 is 0 Å². The molecular weight excluding hydrogens is 402 g/mol. The van der Waals surface area contributed by atoms with Crippen LogP contribution in [0.15, 0.2) is 48.5 Å². The fourth-order valence-electron chi connectivity index (χ4n) is 3.75. The molecule has 1 aliphatic heterocycles. The number of anilines is 1. The minimum absolute atomic E-state index is 0.0690. The Balaban J connectivity index is 1.36. The van der Waals surface area contributed by atoms with Crippen LogP contribution in [0.3, 0.4) is 0 Å². The van der Waals surface area contributed by atoms with Gasteiger partial charge in [-0.25, -0.2) is 4.79 Å². The largest absolute Gasteiger partial charge is 0.369 e. The van der Waals surface area contributed by atoms with E-state index in [9.17, 15) is 9.59 Å². The Hall–Kier alpha value is -3.06. The van der Waals surface area contributed by atoms with Gasteiger partial charge in [-0.15, -0.1) is 0 Å². The van der Waals surface area contributed by atoms with Crippen molar-refractivity contribution < 1.29 is 9.59 Å². The van der Waals surface area contributed by atoms with E-state index in [1.165, 1.54) is 11.3 Å². The molecule has 2 aromatic rings. The smallest absolute Gasteiger partial charge is 0.315 e. The number of nitrogens with zero attached hydrogens (tertiary/aromatic N) is 2. The van der Waals surface area contributed by atoms with Gasteiger partial charge < -0.3 is 20.9 Å². The zero-order chi connectivity index (χ0) is 22.9. The van der Waals surface area contributed by atoms with E-state index in [0.29, 0.717) is 18.7 Å². The molecule has 7 nitrogen and oxygen atoms in total. The Bertz CT molecular complexity index is 889. The molecule has 3 rings (SSSR count). The van der Waals surface area contributed by atoms with Gasteiger partial charge in [0.05, 0.1) is 0 Å². The van der Waals surface area contributed by atoms with Crippen LogP contribution >= 0.6 is 0 Å². The highest BCUT2D eigenvalue weighted by molar-refractivity contribution is 5.94. The third-order valence-corrected chi connectivity index (χ3v) is 5.54. The number of amides is 3. The number of hydrogen-bond acceptors (Lipinski definition) is 4. The highest BCUT2D eigenvalue weighted by Crippen LogP contribution is 2.17. The van der Waals surface area contributed by atoms with Crippen molar-refractivity contribution in [2.45, 2.75) is 33.4 Å². The van der Waals surface area contributed by atoms with Crippen LogP contribution < -0.4 is 20.9 Å². The maximum atomic E-state index is 12.4. The number of hydrogen-bond donors (Lipinski definition) is 3. The van der Waals surface area contributed by atoms with Gasteiger partial charge in [0.1, 0.15) is 0 Å². The monoisotopic (exact) mass is 437 g/mol. The van der Waals surface area contributed by atoms with Crippen LogP contribution in [0.4, 0.5) is 10.5 Å². The second-order valence-electron chi connectivity index (χ2n) is 8.60. The van der Waals surface area contributed by atoms with Crippen molar-refractivity contribution in [3.63, 3.8) is 0 Å². The number of carbonyl (C=O) groups excluding carboxylic acids is 2. The summed E-state index contributed by atoms with van der Waals surface area (Å²) in [6.45, 7) is 11.9. The Morgan fingerprint density at radius 1 is 0.969 bits per heavy atom. The quantitative estimate of drug-likeness (QED) is 0.594. The summed E-state index contributed by atoms with van der Waals surface area (Å²) in [5, 5.41) is 8.61. The Labute approximate surface area is 191 Å². The summed E-state index contributed by atoms with van der Waals surface area (Å²) in [5.41, 5.74) is 4.15. The first-order valence-corrected chi connectivity index (χ1v) is 11.4. The van der Waals surface area contributed by atoms with Gasteiger partial charge in [-0.2, -0.15) is 0 Å². The SMILES string of the molecule is Cc1cccc(N2CCN(CCNC(=O)c3ccc(CNC(=O)NC(C)C)cc3)CC2)c1. The second kappa shape index (κ2) is 11.5. The van der Waals surface area contributed by atoms with Gasteiger partial charge in [0, 0.05) is 63.1 Å². The molecule has 1 saturated heterocycles. The van der Waals surface area contributed by atoms with Crippen LogP contribution in [0.5, 0.6) is 0 Å². The van der Waals surface area contributed by atoms with E-state index in [0.717, 1.165) is 38.3 Å². The van der Waals surface area contributed by atoms with Crippen molar-refractivity contribution in [1.29, 1.82) is 0 Å². The molecular formula is C25H35N5O2. The Morgan fingerprint density at radius 2 is 1.69 bits per heavy atom. The first-order chi connectivity index (χ1) is 15.4. The Morgan fingerprint density at radius 3 is 2.34 bits per heavy atom. The average Bonchev–Trinajstić information content (AvgIpc) is 2.78. The molecule has 0 bridgehead atoms. The number of nitrogens with one attached hydrogen (secondary N) is 3. The fourth-order valence-corrected chi connectivity index (χ4v) is 3.75. The molecule has 3 amide bonds. The van der Waals surface area contributed by atoms with E-state index in [2.05, 4.69) is 56.9 Å². The van der Waals surface area contributed by atoms with Gasteiger partial charge in [0.25, 0.3) is 5.91 Å². The van der Waals surface area contributed by atoms with Crippen molar-refractivity contribution in [1.82, 2.24) is 20.9 Å². The molecule has 0 unspecified atom stereocenters. The summed E-state index contributed by atoms with van der Waals surface area (Å²) in [6, 6.07) is 15.9. The lowest BCUT2D eigenvalue weighted by molar-refractivity contribution is 0.0947. The van der Waals surface area contributed by atoms with E-state index in [1.54, 1.807) is 12.1 Å². The topological polar surface area (TPSA) is 76.7 Å². The second-order valence-corrected chi connectivity index (χ2v) is 8.60. The van der Waals surface area contributed by atoms with Crippen LogP contribution in [0, 0.1) is 6.92 Å². The number of carbonyl (C=O) groups is 2. The van der Waals surface area contributed by atoms with Gasteiger partial charge in [-0.05, 0) is 56.2 Å². The minimum Gasteiger partial charge on any atom is -0.369 e. The summed E-state index contributed by atoms with van der Waals surface area (Å²) < 4.78 is 0. The summed E-state index contributed by atoms with van der Waals surface area (Å²) >= 11 is 0. The zero-order valence-corrected chi connectivity index (χ0v) is 19.4. The number of benzene rings is 2. The van der Waals surface area contributed by atoms with Crippen molar-refractivity contribution in [2.24, 2.45) is 0 Å². The molecule has 1 heterocycles. The van der Waals surface area contributed by atoms with Gasteiger partial charge in [-0.1, -0.05) is 24.3 Å². The van der Waals surface area contributed by atoms with Crippen molar-refractivity contribution >= 4 is 17.6 Å². The van der Waals surface area contributed by atoms with Crippen LogP contribution in [-0.4, -0.2) is 62.1 Å². The van der Waals surface area contributed by atoms with Crippen LogP contribution in [-0.2, 0) is 6.54 Å². The molecule has 1 fully saturated rings. The first-order valence-electron chi connectivity index (χ1n) is 11.4. The van der Waals surface area contributed by atoms with E-state index in [-0.39, 0.29) is 18.0 Å². The molecule has 1 aliphatic rings. The predicted molar refractivity (Wildman–Crippen MR) is 129 cm³/mol. The first kappa shape index (κ1) is 23.6. The van der Waals surface area contributed by atoms with E-state index in [4.69, 9.17) is 0 Å². The molecule has 7 heteroatoms. The van der Waals surface area contributed by atoms with Crippen LogP contribution in [0.2, 0.25) is 0 Å². The van der Waals surface area contributed by atoms with Crippen LogP contribution in [0.25, 0.3) is 0 Å². The molecule has 0 aliphatic carbocycles. The van der Waals surface area contributed by atoms with Crippen molar-refractivity contribution in [2.75, 3.05) is 44.2 Å². The third-order valence-electron chi connectivity index (χ3n) is 5.54. The van der Waals surface area contributed by atoms with Gasteiger partial charge in [-0.3, -0.25) is 9.69 Å². The summed E-state index contributed by atoms with van der Waals surface area (Å²) in [5.74, 6) is -0.0690. The van der Waals surface area contributed by atoms with Gasteiger partial charge in [0.2, 0.25) is 0 Å². The Kier molecular flexibility index (Phi) is 8.50. The predicted octanol–water partition coefficient (Wildman–Crippen LogP) is 2.75. The number of aryl methyl sites for hydroxylation is 1. The highest BCUT2D eigenvalue weighted by atomic mass is 16.2. The standard InChI is InChI=1S/C25H35N5O2/c1-19(2)28-25(32)27-18-21-7-9-22(10-8-21)24(31)26-11-12-29-13-15-30(16-14-29)23-6-4-5-20(3)17-23/h4-10,17,19H,11-16,18H2,1-3H3,(H,26,31)(H2,27,28,32). The number of urea groups is 1. The maximum Gasteiger partial charge on any atom is 0.315 e. The van der Waals surface area contributed by atoms with Crippen molar-refractivity contribution in [3.05, 3.63) is 65.2 Å². The molecule has 2 aromatic carbocycles. The summed E-state index contributed by atoms with van der Waals surface area (Å²) in [6.07, 6.45) is 0. The molecule has 0 saturated carbocycles. The van der Waals surface area contributed by atoms with Gasteiger partial charge >= 0.3 is 6.03 Å². The average molecular weight is 438 g/mol. The minimum atomic E-state index is -0.193. The lowest BCUT2D eigenvalue weighted by Gasteiger charge is -2.36. The lowest BCUT2D eigenvalue weighted by Crippen LogP contribution is -2.48. The normalized spacial score (nSPS) is 14.3. The number of rotatable bonds is 8. The summed E-state index contributed by atoms with van der Waals surface area (Å²) in [7, 11) is 0. The molecule has 3 N–H and O–H groups in total. The molecule has 172 valence electrons. The van der Waals surface area contributed by atoms with E-state index >= 15 is 0 Å². The van der Waals surface area contributed by atoms with E-state index in [1.807, 2.05) is 26.0 Å². The number of piperazine rings is 1. The zero-order valence-electron chi connectivity index (χ0n) is 19.4. The van der Waals surface area contributed by atoms with Crippen LogP contribution in [0.1, 0.15) is 35.3 Å². The summed E-state index contributed by atoms with van der Waals surface area (Å²) in [4.78, 5) is 28.9. The van der Waals surface area contributed by atoms with Crippen molar-refractivity contribution in [3.8, 4) is 0 Å². The lowest BCUT2D eigenvalue weighted by atomic mass is 10.1.